The number of nitrogens with one attached hydrogen (secondary N) is 1. The number of aryl methyl sites for hydroxylation is 3. The van der Waals surface area contributed by atoms with Gasteiger partial charge >= 0.3 is 0 Å². The van der Waals surface area contributed by atoms with Crippen molar-refractivity contribution in [2.75, 3.05) is 11.0 Å². The molecule has 1 N–H and O–H groups in total. The summed E-state index contributed by atoms with van der Waals surface area (Å²) in [7, 11) is -3.32. The van der Waals surface area contributed by atoms with Gasteiger partial charge in [-0.3, -0.25) is 4.72 Å². The highest BCUT2D eigenvalue weighted by atomic mass is 32.2. The molecule has 0 spiro atoms. The van der Waals surface area contributed by atoms with Crippen molar-refractivity contribution in [3.05, 3.63) is 100 Å². The van der Waals surface area contributed by atoms with Crippen LogP contribution in [0.2, 0.25) is 0 Å². The van der Waals surface area contributed by atoms with Crippen molar-refractivity contribution in [2.45, 2.75) is 26.7 Å². The molecule has 1 aliphatic carbocycles. The van der Waals surface area contributed by atoms with Crippen LogP contribution in [0.25, 0.3) is 11.1 Å². The van der Waals surface area contributed by atoms with Gasteiger partial charge in [-0.15, -0.1) is 0 Å². The van der Waals surface area contributed by atoms with Crippen LogP contribution in [0.15, 0.2) is 66.7 Å². The summed E-state index contributed by atoms with van der Waals surface area (Å²) in [4.78, 5) is 0. The smallest absolute Gasteiger partial charge is 0.229 e. The Bertz CT molecular complexity index is 1220. The lowest BCUT2D eigenvalue weighted by molar-refractivity contribution is 0.607. The average Bonchev–Trinajstić information content (AvgIpc) is 2.83. The van der Waals surface area contributed by atoms with Gasteiger partial charge in [-0.1, -0.05) is 60.2 Å². The first-order chi connectivity index (χ1) is 13.8. The molecular weight excluding hydrogens is 378 g/mol. The van der Waals surface area contributed by atoms with Gasteiger partial charge in [-0.25, -0.2) is 8.42 Å². The third-order valence-corrected chi connectivity index (χ3v) is 6.06. The van der Waals surface area contributed by atoms with Gasteiger partial charge in [0.1, 0.15) is 0 Å². The molecule has 0 atom stereocenters. The molecule has 4 heteroatoms. The Hall–Kier alpha value is -2.85. The molecular formula is C25H25NO2S. The van der Waals surface area contributed by atoms with E-state index in [9.17, 15) is 8.42 Å². The zero-order chi connectivity index (χ0) is 20.6. The number of sulfonamides is 1. The van der Waals surface area contributed by atoms with Crippen molar-refractivity contribution in [3.63, 3.8) is 0 Å². The van der Waals surface area contributed by atoms with E-state index in [1.807, 2.05) is 18.2 Å². The highest BCUT2D eigenvalue weighted by molar-refractivity contribution is 7.92. The minimum Gasteiger partial charge on any atom is -0.284 e. The lowest BCUT2D eigenvalue weighted by Gasteiger charge is -2.17. The molecule has 0 fully saturated rings. The van der Waals surface area contributed by atoms with Crippen LogP contribution in [0.3, 0.4) is 0 Å². The summed E-state index contributed by atoms with van der Waals surface area (Å²) >= 11 is 0. The van der Waals surface area contributed by atoms with Crippen LogP contribution in [0.4, 0.5) is 5.69 Å². The van der Waals surface area contributed by atoms with Crippen molar-refractivity contribution in [3.8, 4) is 0 Å². The third-order valence-electron chi connectivity index (χ3n) is 5.45. The van der Waals surface area contributed by atoms with E-state index >= 15 is 0 Å². The maximum atomic E-state index is 11.7. The summed E-state index contributed by atoms with van der Waals surface area (Å²) in [5.41, 5.74) is 10.5. The number of hydrogen-bond acceptors (Lipinski definition) is 2. The maximum absolute atomic E-state index is 11.7. The Balaban J connectivity index is 1.95. The van der Waals surface area contributed by atoms with E-state index < -0.39 is 10.0 Å². The van der Waals surface area contributed by atoms with Gasteiger partial charge in [-0.2, -0.15) is 0 Å². The lowest BCUT2D eigenvalue weighted by Crippen LogP contribution is -2.09. The van der Waals surface area contributed by atoms with Crippen LogP contribution in [0.5, 0.6) is 0 Å². The van der Waals surface area contributed by atoms with Crippen molar-refractivity contribution in [2.24, 2.45) is 0 Å². The van der Waals surface area contributed by atoms with E-state index in [1.165, 1.54) is 39.6 Å². The summed E-state index contributed by atoms with van der Waals surface area (Å²) in [6, 6.07) is 22.9. The molecule has 0 heterocycles. The zero-order valence-electron chi connectivity index (χ0n) is 17.0. The molecule has 0 aromatic heterocycles. The van der Waals surface area contributed by atoms with Gasteiger partial charge in [0.15, 0.2) is 0 Å². The van der Waals surface area contributed by atoms with Gasteiger partial charge < -0.3 is 0 Å². The first-order valence-electron chi connectivity index (χ1n) is 9.79. The largest absolute Gasteiger partial charge is 0.284 e. The average molecular weight is 404 g/mol. The summed E-state index contributed by atoms with van der Waals surface area (Å²) < 4.78 is 25.9. The van der Waals surface area contributed by atoms with Crippen molar-refractivity contribution in [1.29, 1.82) is 0 Å². The van der Waals surface area contributed by atoms with Gasteiger partial charge in [0.25, 0.3) is 0 Å². The Morgan fingerprint density at radius 1 is 0.862 bits per heavy atom. The molecule has 0 saturated heterocycles. The number of fused-ring (bicyclic) bond motifs is 2. The predicted molar refractivity (Wildman–Crippen MR) is 122 cm³/mol. The van der Waals surface area contributed by atoms with Gasteiger partial charge in [0.2, 0.25) is 10.0 Å². The minimum absolute atomic E-state index is 0.580. The summed E-state index contributed by atoms with van der Waals surface area (Å²) in [5, 5.41) is 0. The quantitative estimate of drug-likeness (QED) is 0.632. The topological polar surface area (TPSA) is 46.2 Å². The second-order valence-corrected chi connectivity index (χ2v) is 9.52. The Morgan fingerprint density at radius 3 is 2.38 bits per heavy atom. The molecule has 0 radical (unpaired) electrons. The maximum Gasteiger partial charge on any atom is 0.229 e. The normalized spacial score (nSPS) is 15.1. The summed E-state index contributed by atoms with van der Waals surface area (Å²) in [5.74, 6) is 0. The number of hydrogen-bond donors (Lipinski definition) is 1. The van der Waals surface area contributed by atoms with E-state index in [0.717, 1.165) is 24.0 Å². The SMILES string of the molecule is C/C(=C1\c2ccccc2CCc2cc(C)ccc21)c1cccc(NS(C)(=O)=O)c1. The fourth-order valence-corrected chi connectivity index (χ4v) is 4.70. The molecule has 0 saturated carbocycles. The number of allylic oxidation sites excluding steroid dienone is 1. The highest BCUT2D eigenvalue weighted by Gasteiger charge is 2.20. The predicted octanol–water partition coefficient (Wildman–Crippen LogP) is 5.44. The molecule has 1 aliphatic rings. The number of anilines is 1. The zero-order valence-corrected chi connectivity index (χ0v) is 17.8. The van der Waals surface area contributed by atoms with Crippen molar-refractivity contribution in [1.82, 2.24) is 0 Å². The van der Waals surface area contributed by atoms with Crippen molar-refractivity contribution >= 4 is 26.9 Å². The molecule has 148 valence electrons. The van der Waals surface area contributed by atoms with Crippen LogP contribution >= 0.6 is 0 Å². The fourth-order valence-electron chi connectivity index (χ4n) is 4.15. The first-order valence-corrected chi connectivity index (χ1v) is 11.7. The van der Waals surface area contributed by atoms with Crippen LogP contribution in [0, 0.1) is 6.92 Å². The lowest BCUT2D eigenvalue weighted by atomic mass is 9.87. The van der Waals surface area contributed by atoms with E-state index in [4.69, 9.17) is 0 Å². The Kier molecular flexibility index (Phi) is 5.05. The molecule has 4 rings (SSSR count). The highest BCUT2D eigenvalue weighted by Crippen LogP contribution is 2.39. The van der Waals surface area contributed by atoms with Crippen LogP contribution in [-0.2, 0) is 22.9 Å². The standard InChI is InChI=1S/C25H25NO2S/c1-17-11-14-24-21(15-17)13-12-19-7-4-5-10-23(19)25(24)18(2)20-8-6-9-22(16-20)26-29(3,27)28/h4-11,14-16,26H,12-13H2,1-3H3/b25-18-. The van der Waals surface area contributed by atoms with Gasteiger partial charge in [0, 0.05) is 5.69 Å². The van der Waals surface area contributed by atoms with Crippen LogP contribution < -0.4 is 4.72 Å². The van der Waals surface area contributed by atoms with E-state index in [2.05, 4.69) is 61.0 Å². The van der Waals surface area contributed by atoms with E-state index in [0.29, 0.717) is 5.69 Å². The third kappa shape index (κ3) is 4.13. The molecule has 0 aliphatic heterocycles. The molecule has 29 heavy (non-hydrogen) atoms. The van der Waals surface area contributed by atoms with E-state index in [-0.39, 0.29) is 0 Å². The summed E-state index contributed by atoms with van der Waals surface area (Å²) in [6.45, 7) is 4.26. The molecule has 3 aromatic rings. The number of benzene rings is 3. The van der Waals surface area contributed by atoms with Gasteiger partial charge in [-0.05, 0) is 77.8 Å². The molecule has 0 unspecified atom stereocenters. The van der Waals surface area contributed by atoms with Crippen LogP contribution in [0.1, 0.15) is 40.3 Å². The molecule has 0 amide bonds. The second kappa shape index (κ2) is 7.53. The fraction of sp³-hybridized carbons (Fsp3) is 0.200. The Labute approximate surface area is 173 Å². The monoisotopic (exact) mass is 403 g/mol. The van der Waals surface area contributed by atoms with Crippen molar-refractivity contribution < 1.29 is 8.42 Å². The number of rotatable bonds is 3. The van der Waals surface area contributed by atoms with E-state index in [1.54, 1.807) is 6.07 Å². The summed E-state index contributed by atoms with van der Waals surface area (Å²) in [6.07, 6.45) is 3.20. The molecule has 3 nitrogen and oxygen atoms in total. The molecule has 3 aromatic carbocycles. The van der Waals surface area contributed by atoms with Gasteiger partial charge in [0.05, 0.1) is 6.26 Å². The molecule has 0 bridgehead atoms. The first kappa shape index (κ1) is 19.5. The second-order valence-electron chi connectivity index (χ2n) is 7.77. The Morgan fingerprint density at radius 2 is 1.59 bits per heavy atom. The van der Waals surface area contributed by atoms with Crippen LogP contribution in [-0.4, -0.2) is 14.7 Å². The minimum atomic E-state index is -3.32.